The Morgan fingerprint density at radius 3 is 2.86 bits per heavy atom. The zero-order valence-electron chi connectivity index (χ0n) is 12.1. The summed E-state index contributed by atoms with van der Waals surface area (Å²) >= 11 is 0. The Balaban J connectivity index is 1.99. The lowest BCUT2D eigenvalue weighted by atomic mass is 9.86. The molecule has 0 amide bonds. The fraction of sp³-hybridized carbons (Fsp3) is 0.438. The van der Waals surface area contributed by atoms with Crippen LogP contribution in [-0.4, -0.2) is 15.9 Å². The molecule has 21 heavy (non-hydrogen) atoms. The summed E-state index contributed by atoms with van der Waals surface area (Å²) in [5, 5.41) is 15.5. The number of para-hydroxylation sites is 1. The molecule has 1 aromatic carbocycles. The maximum absolute atomic E-state index is 11.1. The summed E-state index contributed by atoms with van der Waals surface area (Å²) < 4.78 is 0. The zero-order valence-corrected chi connectivity index (χ0v) is 12.1. The Bertz CT molecular complexity index is 672. The molecule has 1 fully saturated rings. The number of hydrogen-bond acceptors (Lipinski definition) is 4. The van der Waals surface area contributed by atoms with Gasteiger partial charge < -0.3 is 5.32 Å². The van der Waals surface area contributed by atoms with Crippen molar-refractivity contribution in [3.8, 4) is 0 Å². The predicted molar refractivity (Wildman–Crippen MR) is 83.4 cm³/mol. The third-order valence-electron chi connectivity index (χ3n) is 4.40. The highest BCUT2D eigenvalue weighted by Crippen LogP contribution is 2.32. The first-order valence-corrected chi connectivity index (χ1v) is 7.45. The highest BCUT2D eigenvalue weighted by molar-refractivity contribution is 5.96. The van der Waals surface area contributed by atoms with Crippen molar-refractivity contribution in [3.63, 3.8) is 0 Å². The molecule has 0 aliphatic heterocycles. The van der Waals surface area contributed by atoms with Gasteiger partial charge in [0.15, 0.2) is 0 Å². The number of rotatable bonds is 3. The number of nitrogens with one attached hydrogen (secondary N) is 1. The summed E-state index contributed by atoms with van der Waals surface area (Å²) in [5.41, 5.74) is 1.46. The number of pyridine rings is 1. The lowest BCUT2D eigenvalue weighted by molar-refractivity contribution is -0.383. The van der Waals surface area contributed by atoms with Crippen molar-refractivity contribution in [3.05, 3.63) is 40.6 Å². The molecule has 0 radical (unpaired) electrons. The van der Waals surface area contributed by atoms with Crippen molar-refractivity contribution in [2.24, 2.45) is 5.92 Å². The maximum atomic E-state index is 11.1. The molecule has 2 unspecified atom stereocenters. The number of non-ortho nitro benzene ring substituents is 1. The first kappa shape index (κ1) is 13.8. The smallest absolute Gasteiger partial charge is 0.295 e. The van der Waals surface area contributed by atoms with Crippen LogP contribution in [0.25, 0.3) is 10.9 Å². The second kappa shape index (κ2) is 5.68. The Hall–Kier alpha value is -2.17. The van der Waals surface area contributed by atoms with Gasteiger partial charge in [0, 0.05) is 29.4 Å². The third-order valence-corrected chi connectivity index (χ3v) is 4.40. The summed E-state index contributed by atoms with van der Waals surface area (Å²) in [6.07, 6.45) is 6.57. The van der Waals surface area contributed by atoms with Gasteiger partial charge in [-0.3, -0.25) is 10.1 Å². The van der Waals surface area contributed by atoms with Gasteiger partial charge in [-0.2, -0.15) is 0 Å². The number of fused-ring (bicyclic) bond motifs is 1. The summed E-state index contributed by atoms with van der Waals surface area (Å²) in [7, 11) is 0. The van der Waals surface area contributed by atoms with E-state index in [0.717, 1.165) is 17.5 Å². The van der Waals surface area contributed by atoms with Crippen molar-refractivity contribution < 1.29 is 4.92 Å². The molecule has 1 aromatic heterocycles. The average molecular weight is 285 g/mol. The van der Waals surface area contributed by atoms with Gasteiger partial charge >= 0.3 is 0 Å². The van der Waals surface area contributed by atoms with Gasteiger partial charge in [0.25, 0.3) is 5.69 Å². The van der Waals surface area contributed by atoms with E-state index in [4.69, 9.17) is 0 Å². The molecule has 5 heteroatoms. The van der Waals surface area contributed by atoms with Crippen LogP contribution in [0.2, 0.25) is 0 Å². The molecule has 0 saturated heterocycles. The lowest BCUT2D eigenvalue weighted by Crippen LogP contribution is -2.30. The van der Waals surface area contributed by atoms with E-state index in [1.807, 2.05) is 12.1 Å². The summed E-state index contributed by atoms with van der Waals surface area (Å²) in [6.45, 7) is 2.27. The van der Waals surface area contributed by atoms with E-state index < -0.39 is 0 Å². The van der Waals surface area contributed by atoms with Gasteiger partial charge in [-0.05, 0) is 24.8 Å². The van der Waals surface area contributed by atoms with Gasteiger partial charge in [0.2, 0.25) is 0 Å². The van der Waals surface area contributed by atoms with Gasteiger partial charge in [-0.15, -0.1) is 0 Å². The van der Waals surface area contributed by atoms with Gasteiger partial charge in [0.05, 0.1) is 4.92 Å². The van der Waals surface area contributed by atoms with E-state index in [-0.39, 0.29) is 10.6 Å². The Labute approximate surface area is 123 Å². The number of nitro benzene ring substituents is 1. The topological polar surface area (TPSA) is 68.1 Å². The van der Waals surface area contributed by atoms with Crippen LogP contribution in [0.15, 0.2) is 30.5 Å². The minimum atomic E-state index is -0.373. The lowest BCUT2D eigenvalue weighted by Gasteiger charge is -2.30. The molecular weight excluding hydrogens is 266 g/mol. The van der Waals surface area contributed by atoms with Crippen LogP contribution in [0, 0.1) is 16.0 Å². The highest BCUT2D eigenvalue weighted by Gasteiger charge is 2.22. The minimum Gasteiger partial charge on any atom is -0.381 e. The molecule has 1 N–H and O–H groups in total. The van der Waals surface area contributed by atoms with Crippen LogP contribution in [-0.2, 0) is 0 Å². The summed E-state index contributed by atoms with van der Waals surface area (Å²) in [5.74, 6) is 0.626. The predicted octanol–water partition coefficient (Wildman–Crippen LogP) is 4.13. The van der Waals surface area contributed by atoms with Crippen molar-refractivity contribution in [2.75, 3.05) is 5.32 Å². The SMILES string of the molecule is CC1CCCCC1Nc1ccnc2c([N+](=O)[O-])cccc12. The zero-order chi connectivity index (χ0) is 14.8. The molecule has 0 spiro atoms. The number of nitrogens with zero attached hydrogens (tertiary/aromatic N) is 2. The maximum Gasteiger partial charge on any atom is 0.295 e. The van der Waals surface area contributed by atoms with Crippen LogP contribution in [0.3, 0.4) is 0 Å². The van der Waals surface area contributed by atoms with Crippen LogP contribution in [0.4, 0.5) is 11.4 Å². The Morgan fingerprint density at radius 2 is 2.10 bits per heavy atom. The van der Waals surface area contributed by atoms with E-state index in [0.29, 0.717) is 17.5 Å². The minimum absolute atomic E-state index is 0.0628. The first-order chi connectivity index (χ1) is 10.2. The Morgan fingerprint density at radius 1 is 1.29 bits per heavy atom. The molecule has 1 heterocycles. The molecule has 1 aliphatic rings. The highest BCUT2D eigenvalue weighted by atomic mass is 16.6. The number of nitro groups is 1. The average Bonchev–Trinajstić information content (AvgIpc) is 2.49. The van der Waals surface area contributed by atoms with Crippen molar-refractivity contribution in [2.45, 2.75) is 38.6 Å². The van der Waals surface area contributed by atoms with Crippen molar-refractivity contribution in [1.82, 2.24) is 4.98 Å². The number of anilines is 1. The number of aromatic nitrogens is 1. The van der Waals surface area contributed by atoms with Gasteiger partial charge in [0.1, 0.15) is 5.52 Å². The molecule has 0 bridgehead atoms. The van der Waals surface area contributed by atoms with E-state index in [1.54, 1.807) is 12.3 Å². The molecule has 1 aliphatic carbocycles. The molecule has 2 aromatic rings. The number of hydrogen-bond donors (Lipinski definition) is 1. The van der Waals surface area contributed by atoms with Crippen LogP contribution >= 0.6 is 0 Å². The fourth-order valence-electron chi connectivity index (χ4n) is 3.16. The van der Waals surface area contributed by atoms with Crippen LogP contribution in [0.1, 0.15) is 32.6 Å². The standard InChI is InChI=1S/C16H19N3O2/c1-11-5-2-3-7-13(11)18-14-9-10-17-16-12(14)6-4-8-15(16)19(20)21/h4,6,8-11,13H,2-3,5,7H2,1H3,(H,17,18). The second-order valence-corrected chi connectivity index (χ2v) is 5.80. The monoisotopic (exact) mass is 285 g/mol. The molecule has 3 rings (SSSR count). The van der Waals surface area contributed by atoms with E-state index in [1.165, 1.54) is 25.3 Å². The second-order valence-electron chi connectivity index (χ2n) is 5.80. The molecule has 1 saturated carbocycles. The molecule has 5 nitrogen and oxygen atoms in total. The van der Waals surface area contributed by atoms with Gasteiger partial charge in [-0.25, -0.2) is 4.98 Å². The largest absolute Gasteiger partial charge is 0.381 e. The Kier molecular flexibility index (Phi) is 3.73. The van der Waals surface area contributed by atoms with Crippen LogP contribution < -0.4 is 5.32 Å². The van der Waals surface area contributed by atoms with Crippen molar-refractivity contribution >= 4 is 22.3 Å². The molecule has 110 valence electrons. The summed E-state index contributed by atoms with van der Waals surface area (Å²) in [6, 6.07) is 7.46. The fourth-order valence-corrected chi connectivity index (χ4v) is 3.16. The van der Waals surface area contributed by atoms with Crippen LogP contribution in [0.5, 0.6) is 0 Å². The molecular formula is C16H19N3O2. The van der Waals surface area contributed by atoms with E-state index in [9.17, 15) is 10.1 Å². The van der Waals surface area contributed by atoms with Gasteiger partial charge in [-0.1, -0.05) is 31.9 Å². The van der Waals surface area contributed by atoms with E-state index >= 15 is 0 Å². The summed E-state index contributed by atoms with van der Waals surface area (Å²) in [4.78, 5) is 14.9. The molecule has 2 atom stereocenters. The quantitative estimate of drug-likeness (QED) is 0.680. The number of benzene rings is 1. The normalized spacial score (nSPS) is 22.1. The van der Waals surface area contributed by atoms with E-state index in [2.05, 4.69) is 17.2 Å². The third kappa shape index (κ3) is 2.68. The first-order valence-electron chi connectivity index (χ1n) is 7.45. The van der Waals surface area contributed by atoms with Crippen molar-refractivity contribution in [1.29, 1.82) is 0 Å².